The zero-order chi connectivity index (χ0) is 26.5. The summed E-state index contributed by atoms with van der Waals surface area (Å²) in [6, 6.07) is 11.3. The van der Waals surface area contributed by atoms with Crippen LogP contribution in [-0.4, -0.2) is 45.9 Å². The van der Waals surface area contributed by atoms with Gasteiger partial charge in [-0.3, -0.25) is 0 Å². The highest BCUT2D eigenvalue weighted by molar-refractivity contribution is 6.34. The van der Waals surface area contributed by atoms with E-state index in [2.05, 4.69) is 21.4 Å². The van der Waals surface area contributed by atoms with Crippen LogP contribution in [0.15, 0.2) is 42.7 Å². The van der Waals surface area contributed by atoms with Gasteiger partial charge in [0.05, 0.1) is 29.9 Å². The molecule has 190 valence electrons. The fourth-order valence-corrected chi connectivity index (χ4v) is 4.28. The molecular weight excluding hydrogens is 501 g/mol. The summed E-state index contributed by atoms with van der Waals surface area (Å²) in [5.74, 6) is -0.520. The number of aromatic carboxylic acids is 1. The number of carboxylic acids is 1. The molecule has 0 saturated heterocycles. The third-order valence-corrected chi connectivity index (χ3v) is 5.94. The number of nitrogens with zero attached hydrogens (tertiary/aromatic N) is 4. The maximum absolute atomic E-state index is 14.6. The molecule has 0 aliphatic carbocycles. The second-order valence-corrected chi connectivity index (χ2v) is 8.41. The summed E-state index contributed by atoms with van der Waals surface area (Å²) >= 11 is 6.26. The first-order valence-electron chi connectivity index (χ1n) is 11.4. The van der Waals surface area contributed by atoms with Gasteiger partial charge in [0.2, 0.25) is 0 Å². The van der Waals surface area contributed by atoms with Crippen LogP contribution in [0.3, 0.4) is 0 Å². The average Bonchev–Trinajstić information content (AvgIpc) is 3.26. The van der Waals surface area contributed by atoms with E-state index in [1.807, 2.05) is 6.92 Å². The van der Waals surface area contributed by atoms with E-state index < -0.39 is 11.8 Å². The molecule has 2 aromatic heterocycles. The van der Waals surface area contributed by atoms with Gasteiger partial charge < -0.3 is 24.5 Å². The van der Waals surface area contributed by atoms with E-state index in [0.717, 1.165) is 0 Å². The van der Waals surface area contributed by atoms with Crippen LogP contribution in [0.25, 0.3) is 22.2 Å². The quantitative estimate of drug-likeness (QED) is 0.284. The Morgan fingerprint density at radius 3 is 2.76 bits per heavy atom. The van der Waals surface area contributed by atoms with Crippen molar-refractivity contribution in [2.24, 2.45) is 0 Å². The van der Waals surface area contributed by atoms with E-state index in [9.17, 15) is 19.6 Å². The number of hydrogen-bond donors (Lipinski definition) is 2. The molecule has 0 amide bonds. The molecule has 0 spiro atoms. The number of hydrogen-bond acceptors (Lipinski definition) is 7. The highest BCUT2D eigenvalue weighted by Gasteiger charge is 2.19. The molecule has 2 N–H and O–H groups in total. The number of fused-ring (bicyclic) bond motifs is 1. The molecule has 2 aromatic carbocycles. The van der Waals surface area contributed by atoms with Crippen LogP contribution in [0.4, 0.5) is 10.2 Å². The number of carboxylic acid groups (broad SMARTS) is 1. The third kappa shape index (κ3) is 5.27. The van der Waals surface area contributed by atoms with Gasteiger partial charge in [0, 0.05) is 30.1 Å². The summed E-state index contributed by atoms with van der Waals surface area (Å²) in [6.07, 6.45) is 2.06. The molecule has 2 heterocycles. The largest absolute Gasteiger partial charge is 0.496 e. The normalized spacial score (nSPS) is 10.8. The number of halogens is 2. The van der Waals surface area contributed by atoms with Crippen molar-refractivity contribution in [3.05, 3.63) is 64.8 Å². The molecule has 0 radical (unpaired) electrons. The first-order valence-corrected chi connectivity index (χ1v) is 11.8. The minimum atomic E-state index is -1.18. The van der Waals surface area contributed by atoms with Gasteiger partial charge in [0.15, 0.2) is 0 Å². The number of benzene rings is 2. The number of ether oxygens (including phenoxy) is 2. The van der Waals surface area contributed by atoms with E-state index in [1.54, 1.807) is 22.8 Å². The molecule has 0 bridgehead atoms. The Hall–Kier alpha value is -4.36. The van der Waals surface area contributed by atoms with Crippen molar-refractivity contribution in [2.45, 2.75) is 19.9 Å². The second-order valence-electron chi connectivity index (χ2n) is 8.01. The number of anilines is 1. The maximum atomic E-state index is 14.6. The van der Waals surface area contributed by atoms with Gasteiger partial charge in [0.25, 0.3) is 0 Å². The molecule has 0 saturated carbocycles. The van der Waals surface area contributed by atoms with Crippen LogP contribution in [0, 0.1) is 17.1 Å². The number of carbonyl (C=O) groups is 1. The van der Waals surface area contributed by atoms with E-state index in [-0.39, 0.29) is 28.4 Å². The minimum Gasteiger partial charge on any atom is -0.496 e. The fraction of sp³-hybridized carbons (Fsp3) is 0.231. The third-order valence-electron chi connectivity index (χ3n) is 5.64. The average molecular weight is 524 g/mol. The molecule has 11 heteroatoms. The van der Waals surface area contributed by atoms with Gasteiger partial charge in [-0.2, -0.15) is 5.26 Å². The Kier molecular flexibility index (Phi) is 7.74. The number of methoxy groups -OCH3 is 1. The topological polar surface area (TPSA) is 122 Å². The van der Waals surface area contributed by atoms with E-state index in [4.69, 9.17) is 21.1 Å². The molecule has 37 heavy (non-hydrogen) atoms. The highest BCUT2D eigenvalue weighted by atomic mass is 35.5. The Balaban J connectivity index is 1.58. The minimum absolute atomic E-state index is 0.0326. The number of nitriles is 1. The summed E-state index contributed by atoms with van der Waals surface area (Å²) < 4.78 is 27.2. The lowest BCUT2D eigenvalue weighted by Gasteiger charge is -2.13. The van der Waals surface area contributed by atoms with Crippen molar-refractivity contribution < 1.29 is 23.8 Å². The van der Waals surface area contributed by atoms with Gasteiger partial charge in [-0.15, -0.1) is 0 Å². The molecule has 4 rings (SSSR count). The molecule has 0 aliphatic heterocycles. The Morgan fingerprint density at radius 1 is 1.24 bits per heavy atom. The Bertz CT molecular complexity index is 1520. The van der Waals surface area contributed by atoms with Crippen LogP contribution in [0.2, 0.25) is 5.02 Å². The first kappa shape index (κ1) is 25.7. The van der Waals surface area contributed by atoms with Crippen molar-refractivity contribution in [2.75, 3.05) is 25.6 Å². The SMILES string of the molecule is CCCOc1cc(-c2cc(NCCn3c(C#N)cc4c(OC)ccc(F)c43)ncn2)cc(Cl)c1C(=O)O. The lowest BCUT2D eigenvalue weighted by Crippen LogP contribution is -2.13. The lowest BCUT2D eigenvalue weighted by molar-refractivity contribution is 0.0692. The predicted octanol–water partition coefficient (Wildman–Crippen LogP) is 5.37. The van der Waals surface area contributed by atoms with Crippen molar-refractivity contribution in [1.82, 2.24) is 14.5 Å². The van der Waals surface area contributed by atoms with Gasteiger partial charge in [-0.25, -0.2) is 19.2 Å². The summed E-state index contributed by atoms with van der Waals surface area (Å²) in [7, 11) is 1.49. The molecule has 9 nitrogen and oxygen atoms in total. The Labute approximate surface area is 217 Å². The van der Waals surface area contributed by atoms with Crippen molar-refractivity contribution >= 4 is 34.3 Å². The van der Waals surface area contributed by atoms with Crippen LogP contribution >= 0.6 is 11.6 Å². The van der Waals surface area contributed by atoms with Crippen LogP contribution in [-0.2, 0) is 6.54 Å². The zero-order valence-corrected chi connectivity index (χ0v) is 20.8. The van der Waals surface area contributed by atoms with Crippen molar-refractivity contribution in [3.8, 4) is 28.8 Å². The lowest BCUT2D eigenvalue weighted by atomic mass is 10.1. The van der Waals surface area contributed by atoms with Gasteiger partial charge in [0.1, 0.15) is 46.8 Å². The number of rotatable bonds is 10. The molecule has 0 unspecified atom stereocenters. The van der Waals surface area contributed by atoms with Gasteiger partial charge >= 0.3 is 5.97 Å². The molecule has 0 fully saturated rings. The molecular formula is C26H23ClFN5O4. The van der Waals surface area contributed by atoms with Crippen LogP contribution in [0.5, 0.6) is 11.5 Å². The summed E-state index contributed by atoms with van der Waals surface area (Å²) in [5, 5.41) is 22.8. The monoisotopic (exact) mass is 523 g/mol. The Morgan fingerprint density at radius 2 is 2.05 bits per heavy atom. The molecule has 0 aliphatic rings. The maximum Gasteiger partial charge on any atom is 0.341 e. The highest BCUT2D eigenvalue weighted by Crippen LogP contribution is 2.34. The zero-order valence-electron chi connectivity index (χ0n) is 20.1. The summed E-state index contributed by atoms with van der Waals surface area (Å²) in [6.45, 7) is 2.86. The van der Waals surface area contributed by atoms with Crippen LogP contribution in [0.1, 0.15) is 29.4 Å². The fourth-order valence-electron chi connectivity index (χ4n) is 3.99. The second kappa shape index (κ2) is 11.1. The predicted molar refractivity (Wildman–Crippen MR) is 137 cm³/mol. The van der Waals surface area contributed by atoms with E-state index >= 15 is 0 Å². The molecule has 4 aromatic rings. The molecule has 0 atom stereocenters. The van der Waals surface area contributed by atoms with Gasteiger partial charge in [-0.05, 0) is 36.8 Å². The first-order chi connectivity index (χ1) is 17.9. The standard InChI is InChI=1S/C26H23ClFN5O4/c1-3-8-37-22-10-15(9-18(27)24(22)26(34)35)20-12-23(32-14-31-20)30-6-7-33-16(13-29)11-17-21(36-2)5-4-19(28)25(17)33/h4-5,9-12,14H,3,6-8H2,1-2H3,(H,34,35)(H,30,31,32). The summed E-state index contributed by atoms with van der Waals surface area (Å²) in [4.78, 5) is 20.2. The van der Waals surface area contributed by atoms with E-state index in [1.165, 1.54) is 31.6 Å². The number of aromatic nitrogens is 3. The van der Waals surface area contributed by atoms with E-state index in [0.29, 0.717) is 53.5 Å². The number of nitrogens with one attached hydrogen (secondary N) is 1. The van der Waals surface area contributed by atoms with Gasteiger partial charge in [-0.1, -0.05) is 18.5 Å². The van der Waals surface area contributed by atoms with Crippen molar-refractivity contribution in [1.29, 1.82) is 5.26 Å². The van der Waals surface area contributed by atoms with Crippen LogP contribution < -0.4 is 14.8 Å². The summed E-state index contributed by atoms with van der Waals surface area (Å²) in [5.41, 5.74) is 1.54. The smallest absolute Gasteiger partial charge is 0.341 e. The van der Waals surface area contributed by atoms with Crippen molar-refractivity contribution in [3.63, 3.8) is 0 Å².